The molecule has 0 aliphatic rings. The molecule has 104 valence electrons. The molecule has 0 aliphatic heterocycles. The number of aliphatic carboxylic acids is 1. The Labute approximate surface area is 108 Å². The largest absolute Gasteiger partial charge is 0.494 e. The van der Waals surface area contributed by atoms with Crippen molar-refractivity contribution in [2.45, 2.75) is 6.10 Å². The first-order valence-corrected chi connectivity index (χ1v) is 5.23. The van der Waals surface area contributed by atoms with Crippen molar-refractivity contribution in [1.82, 2.24) is 5.32 Å². The number of carbonyl (C=O) groups is 2. The number of aliphatic hydroxyl groups excluding tert-OH is 1. The highest BCUT2D eigenvalue weighted by Gasteiger charge is 2.14. The Morgan fingerprint density at radius 1 is 1.47 bits per heavy atom. The lowest BCUT2D eigenvalue weighted by atomic mass is 10.3. The molecule has 1 aromatic carbocycles. The minimum Gasteiger partial charge on any atom is -0.494 e. The summed E-state index contributed by atoms with van der Waals surface area (Å²) in [6, 6.07) is 2.96. The molecule has 0 unspecified atom stereocenters. The summed E-state index contributed by atoms with van der Waals surface area (Å²) in [6.45, 7) is -0.445. The van der Waals surface area contributed by atoms with Crippen LogP contribution in [0.15, 0.2) is 18.2 Å². The van der Waals surface area contributed by atoms with Gasteiger partial charge in [-0.2, -0.15) is 0 Å². The SMILES string of the molecule is COc1cc(NC(=O)NC[C@H](O)C(=O)O)ccc1F. The van der Waals surface area contributed by atoms with Gasteiger partial charge in [0.2, 0.25) is 0 Å². The molecular weight excluding hydrogens is 259 g/mol. The second-order valence-corrected chi connectivity index (χ2v) is 3.54. The molecule has 0 bridgehead atoms. The van der Waals surface area contributed by atoms with E-state index in [9.17, 15) is 14.0 Å². The van der Waals surface area contributed by atoms with Crippen LogP contribution in [0.4, 0.5) is 14.9 Å². The van der Waals surface area contributed by atoms with Crippen molar-refractivity contribution < 1.29 is 28.9 Å². The number of amides is 2. The van der Waals surface area contributed by atoms with Crippen molar-refractivity contribution in [2.24, 2.45) is 0 Å². The summed E-state index contributed by atoms with van der Waals surface area (Å²) in [6.07, 6.45) is -1.69. The van der Waals surface area contributed by atoms with E-state index in [0.717, 1.165) is 6.07 Å². The van der Waals surface area contributed by atoms with Crippen LogP contribution in [-0.4, -0.2) is 42.0 Å². The number of anilines is 1. The highest BCUT2D eigenvalue weighted by atomic mass is 19.1. The molecule has 0 radical (unpaired) electrons. The molecule has 0 heterocycles. The second kappa shape index (κ2) is 6.55. The molecule has 0 saturated carbocycles. The van der Waals surface area contributed by atoms with E-state index in [1.54, 1.807) is 0 Å². The number of carboxylic acid groups (broad SMARTS) is 1. The molecule has 19 heavy (non-hydrogen) atoms. The predicted molar refractivity (Wildman–Crippen MR) is 63.6 cm³/mol. The fourth-order valence-electron chi connectivity index (χ4n) is 1.19. The molecule has 7 nitrogen and oxygen atoms in total. The van der Waals surface area contributed by atoms with Gasteiger partial charge in [0, 0.05) is 11.8 Å². The van der Waals surface area contributed by atoms with E-state index in [1.807, 2.05) is 0 Å². The Bertz CT molecular complexity index is 480. The summed E-state index contributed by atoms with van der Waals surface area (Å²) in [5.74, 6) is -2.05. The fraction of sp³-hybridized carbons (Fsp3) is 0.273. The minimum atomic E-state index is -1.69. The van der Waals surface area contributed by atoms with E-state index in [1.165, 1.54) is 19.2 Å². The highest BCUT2D eigenvalue weighted by Crippen LogP contribution is 2.21. The minimum absolute atomic E-state index is 0.0385. The van der Waals surface area contributed by atoms with E-state index in [0.29, 0.717) is 0 Å². The predicted octanol–water partition coefficient (Wildman–Crippen LogP) is 0.401. The van der Waals surface area contributed by atoms with Gasteiger partial charge in [0.05, 0.1) is 13.7 Å². The first-order valence-electron chi connectivity index (χ1n) is 5.23. The molecular formula is C11H13FN2O5. The highest BCUT2D eigenvalue weighted by molar-refractivity contribution is 5.89. The van der Waals surface area contributed by atoms with Crippen LogP contribution in [0.3, 0.4) is 0 Å². The number of urea groups is 1. The van der Waals surface area contributed by atoms with Crippen LogP contribution in [0.5, 0.6) is 5.75 Å². The van der Waals surface area contributed by atoms with E-state index in [4.69, 9.17) is 14.9 Å². The van der Waals surface area contributed by atoms with Crippen LogP contribution >= 0.6 is 0 Å². The number of aliphatic hydroxyl groups is 1. The Balaban J connectivity index is 2.55. The Morgan fingerprint density at radius 2 is 2.16 bits per heavy atom. The number of benzene rings is 1. The van der Waals surface area contributed by atoms with Crippen molar-refractivity contribution in [3.8, 4) is 5.75 Å². The number of carbonyl (C=O) groups excluding carboxylic acids is 1. The summed E-state index contributed by atoms with van der Waals surface area (Å²) >= 11 is 0. The third kappa shape index (κ3) is 4.43. The molecule has 0 aromatic heterocycles. The first-order chi connectivity index (χ1) is 8.93. The maximum Gasteiger partial charge on any atom is 0.334 e. The van der Waals surface area contributed by atoms with Gasteiger partial charge >= 0.3 is 12.0 Å². The van der Waals surface area contributed by atoms with Gasteiger partial charge in [-0.1, -0.05) is 0 Å². The van der Waals surface area contributed by atoms with Crippen LogP contribution in [0, 0.1) is 5.82 Å². The zero-order valence-corrected chi connectivity index (χ0v) is 10.0. The number of nitrogens with one attached hydrogen (secondary N) is 2. The molecule has 8 heteroatoms. The quantitative estimate of drug-likeness (QED) is 0.620. The molecule has 1 rings (SSSR count). The van der Waals surface area contributed by atoms with E-state index >= 15 is 0 Å². The number of hydrogen-bond donors (Lipinski definition) is 4. The third-order valence-corrected chi connectivity index (χ3v) is 2.15. The maximum absolute atomic E-state index is 13.1. The lowest BCUT2D eigenvalue weighted by Gasteiger charge is -2.10. The summed E-state index contributed by atoms with van der Waals surface area (Å²) in [5.41, 5.74) is 0.264. The maximum atomic E-state index is 13.1. The third-order valence-electron chi connectivity index (χ3n) is 2.15. The molecule has 2 amide bonds. The summed E-state index contributed by atoms with van der Waals surface area (Å²) < 4.78 is 17.8. The van der Waals surface area contributed by atoms with Gasteiger partial charge in [-0.3, -0.25) is 0 Å². The standard InChI is InChI=1S/C11H13FN2O5/c1-19-9-4-6(2-3-7(9)12)14-11(18)13-5-8(15)10(16)17/h2-4,8,15H,5H2,1H3,(H,16,17)(H2,13,14,18)/t8-/m0/s1. The van der Waals surface area contributed by atoms with E-state index < -0.39 is 30.5 Å². The van der Waals surface area contributed by atoms with Crippen molar-refractivity contribution in [3.05, 3.63) is 24.0 Å². The topological polar surface area (TPSA) is 108 Å². The zero-order valence-electron chi connectivity index (χ0n) is 10.0. The van der Waals surface area contributed by atoms with Gasteiger partial charge in [0.25, 0.3) is 0 Å². The number of halogens is 1. The lowest BCUT2D eigenvalue weighted by molar-refractivity contribution is -0.146. The van der Waals surface area contributed by atoms with Crippen molar-refractivity contribution in [3.63, 3.8) is 0 Å². The molecule has 0 saturated heterocycles. The van der Waals surface area contributed by atoms with Gasteiger partial charge in [0.15, 0.2) is 17.7 Å². The van der Waals surface area contributed by atoms with Crippen molar-refractivity contribution in [1.29, 1.82) is 0 Å². The molecule has 4 N–H and O–H groups in total. The van der Waals surface area contributed by atoms with Gasteiger partial charge < -0.3 is 25.6 Å². The zero-order chi connectivity index (χ0) is 14.4. The van der Waals surface area contributed by atoms with Gasteiger partial charge in [-0.25, -0.2) is 14.0 Å². The Morgan fingerprint density at radius 3 is 2.74 bits per heavy atom. The number of methoxy groups -OCH3 is 1. The Kier molecular flexibility index (Phi) is 5.07. The molecule has 0 fully saturated rings. The molecule has 0 aliphatic carbocycles. The number of hydrogen-bond acceptors (Lipinski definition) is 4. The van der Waals surface area contributed by atoms with Crippen LogP contribution in [0.25, 0.3) is 0 Å². The van der Waals surface area contributed by atoms with Crippen LogP contribution < -0.4 is 15.4 Å². The number of rotatable bonds is 5. The summed E-state index contributed by atoms with van der Waals surface area (Å²) in [4.78, 5) is 21.7. The average molecular weight is 272 g/mol. The number of ether oxygens (including phenoxy) is 1. The second-order valence-electron chi connectivity index (χ2n) is 3.54. The van der Waals surface area contributed by atoms with Gasteiger partial charge in [-0.05, 0) is 12.1 Å². The number of carboxylic acids is 1. The first kappa shape index (κ1) is 14.7. The van der Waals surface area contributed by atoms with E-state index in [-0.39, 0.29) is 11.4 Å². The Hall–Kier alpha value is -2.35. The molecule has 0 spiro atoms. The molecule has 1 atom stereocenters. The van der Waals surface area contributed by atoms with Crippen LogP contribution in [0.2, 0.25) is 0 Å². The van der Waals surface area contributed by atoms with Crippen LogP contribution in [0.1, 0.15) is 0 Å². The monoisotopic (exact) mass is 272 g/mol. The van der Waals surface area contributed by atoms with Crippen molar-refractivity contribution >= 4 is 17.7 Å². The van der Waals surface area contributed by atoms with Gasteiger partial charge in [0.1, 0.15) is 0 Å². The average Bonchev–Trinajstić information content (AvgIpc) is 2.38. The molecule has 1 aromatic rings. The van der Waals surface area contributed by atoms with Crippen LogP contribution in [-0.2, 0) is 4.79 Å². The van der Waals surface area contributed by atoms with E-state index in [2.05, 4.69) is 10.6 Å². The van der Waals surface area contributed by atoms with Crippen molar-refractivity contribution in [2.75, 3.05) is 19.0 Å². The fourth-order valence-corrected chi connectivity index (χ4v) is 1.19. The smallest absolute Gasteiger partial charge is 0.334 e. The lowest BCUT2D eigenvalue weighted by Crippen LogP contribution is -2.38. The normalized spacial score (nSPS) is 11.5. The summed E-state index contributed by atoms with van der Waals surface area (Å²) in [7, 11) is 1.28. The van der Waals surface area contributed by atoms with Gasteiger partial charge in [-0.15, -0.1) is 0 Å². The summed E-state index contributed by atoms with van der Waals surface area (Å²) in [5, 5.41) is 21.8.